The van der Waals surface area contributed by atoms with E-state index in [1.807, 2.05) is 18.2 Å². The normalized spacial score (nSPS) is 18.5. The second-order valence-electron chi connectivity index (χ2n) is 4.98. The lowest BCUT2D eigenvalue weighted by atomic mass is 9.77. The molecule has 88 valence electrons. The maximum atomic E-state index is 6.22. The Morgan fingerprint density at radius 2 is 2.06 bits per heavy atom. The molecule has 16 heavy (non-hydrogen) atoms. The lowest BCUT2D eigenvalue weighted by Crippen LogP contribution is -2.54. The molecule has 0 spiro atoms. The van der Waals surface area contributed by atoms with Crippen LogP contribution in [0.3, 0.4) is 0 Å². The minimum atomic E-state index is 0.0516. The maximum Gasteiger partial charge on any atom is 0.0451 e. The molecule has 2 N–H and O–H groups in total. The van der Waals surface area contributed by atoms with E-state index in [9.17, 15) is 0 Å². The van der Waals surface area contributed by atoms with E-state index in [4.69, 9.17) is 17.3 Å². The van der Waals surface area contributed by atoms with Crippen molar-refractivity contribution in [1.29, 1.82) is 0 Å². The molecule has 3 heteroatoms. The van der Waals surface area contributed by atoms with Crippen LogP contribution in [0.25, 0.3) is 0 Å². The smallest absolute Gasteiger partial charge is 0.0451 e. The zero-order valence-electron chi connectivity index (χ0n) is 9.75. The highest BCUT2D eigenvalue weighted by molar-refractivity contribution is 6.31. The highest BCUT2D eigenvalue weighted by atomic mass is 35.5. The fourth-order valence-electron chi connectivity index (χ4n) is 2.30. The third kappa shape index (κ3) is 2.76. The van der Waals surface area contributed by atoms with E-state index in [0.29, 0.717) is 0 Å². The summed E-state index contributed by atoms with van der Waals surface area (Å²) in [6, 6.07) is 7.99. The van der Waals surface area contributed by atoms with Crippen LogP contribution >= 0.6 is 11.6 Å². The second-order valence-corrected chi connectivity index (χ2v) is 5.39. The van der Waals surface area contributed by atoms with Gasteiger partial charge in [0.15, 0.2) is 0 Å². The number of hydrogen-bond acceptors (Lipinski definition) is 2. The molecule has 1 saturated carbocycles. The zero-order chi connectivity index (χ0) is 11.6. The first-order valence-corrected chi connectivity index (χ1v) is 6.18. The van der Waals surface area contributed by atoms with Crippen LogP contribution in [0.2, 0.25) is 5.02 Å². The Bertz CT molecular complexity index is 361. The van der Waals surface area contributed by atoms with Gasteiger partial charge in [-0.25, -0.2) is 0 Å². The molecule has 0 aliphatic heterocycles. The van der Waals surface area contributed by atoms with Crippen molar-refractivity contribution in [1.82, 2.24) is 4.90 Å². The van der Waals surface area contributed by atoms with E-state index in [0.717, 1.165) is 31.0 Å². The molecular formula is C13H19ClN2. The number of nitrogens with two attached hydrogens (primary N) is 1. The Kier molecular flexibility index (Phi) is 3.53. The SMILES string of the molecule is CN(Cc1ccccc1Cl)CC1(N)CCC1. The van der Waals surface area contributed by atoms with Gasteiger partial charge in [-0.05, 0) is 37.9 Å². The molecule has 1 aliphatic rings. The van der Waals surface area contributed by atoms with Gasteiger partial charge in [0.25, 0.3) is 0 Å². The maximum absolute atomic E-state index is 6.22. The van der Waals surface area contributed by atoms with Crippen LogP contribution in [0.5, 0.6) is 0 Å². The number of nitrogens with zero attached hydrogens (tertiary/aromatic N) is 1. The molecule has 1 aromatic rings. The van der Waals surface area contributed by atoms with Gasteiger partial charge in [0.05, 0.1) is 0 Å². The third-order valence-corrected chi connectivity index (χ3v) is 3.70. The lowest BCUT2D eigenvalue weighted by molar-refractivity contribution is 0.161. The summed E-state index contributed by atoms with van der Waals surface area (Å²) in [7, 11) is 2.11. The molecule has 2 nitrogen and oxygen atoms in total. The molecule has 1 fully saturated rings. The van der Waals surface area contributed by atoms with Crippen molar-refractivity contribution >= 4 is 11.6 Å². The number of hydrogen-bond donors (Lipinski definition) is 1. The highest BCUT2D eigenvalue weighted by Gasteiger charge is 2.33. The largest absolute Gasteiger partial charge is 0.324 e. The Morgan fingerprint density at radius 1 is 1.38 bits per heavy atom. The van der Waals surface area contributed by atoms with E-state index in [2.05, 4.69) is 18.0 Å². The summed E-state index contributed by atoms with van der Waals surface area (Å²) in [6.07, 6.45) is 3.58. The van der Waals surface area contributed by atoms with Crippen LogP contribution in [-0.2, 0) is 6.54 Å². The van der Waals surface area contributed by atoms with Crippen molar-refractivity contribution < 1.29 is 0 Å². The van der Waals surface area contributed by atoms with Gasteiger partial charge in [-0.1, -0.05) is 29.8 Å². The Labute approximate surface area is 102 Å². The third-order valence-electron chi connectivity index (χ3n) is 3.33. The Morgan fingerprint density at radius 3 is 2.62 bits per heavy atom. The van der Waals surface area contributed by atoms with Crippen LogP contribution in [0, 0.1) is 0 Å². The monoisotopic (exact) mass is 238 g/mol. The molecule has 1 aliphatic carbocycles. The van der Waals surface area contributed by atoms with Crippen LogP contribution in [0.4, 0.5) is 0 Å². The quantitative estimate of drug-likeness (QED) is 0.874. The summed E-state index contributed by atoms with van der Waals surface area (Å²) in [5.41, 5.74) is 7.45. The molecular weight excluding hydrogens is 220 g/mol. The summed E-state index contributed by atoms with van der Waals surface area (Å²) in [4.78, 5) is 2.26. The molecule has 0 amide bonds. The van der Waals surface area contributed by atoms with Crippen molar-refractivity contribution in [2.24, 2.45) is 5.73 Å². The molecule has 0 bridgehead atoms. The van der Waals surface area contributed by atoms with Gasteiger partial charge in [0, 0.05) is 23.7 Å². The molecule has 0 unspecified atom stereocenters. The number of rotatable bonds is 4. The van der Waals surface area contributed by atoms with Crippen molar-refractivity contribution in [3.8, 4) is 0 Å². The van der Waals surface area contributed by atoms with Crippen molar-refractivity contribution in [2.45, 2.75) is 31.3 Å². The molecule has 0 saturated heterocycles. The summed E-state index contributed by atoms with van der Waals surface area (Å²) in [6.45, 7) is 1.83. The molecule has 0 heterocycles. The van der Waals surface area contributed by atoms with Crippen LogP contribution in [0.15, 0.2) is 24.3 Å². The predicted molar refractivity (Wildman–Crippen MR) is 68.6 cm³/mol. The van der Waals surface area contributed by atoms with Gasteiger partial charge in [0.2, 0.25) is 0 Å². The molecule has 0 atom stereocenters. The fourth-order valence-corrected chi connectivity index (χ4v) is 2.50. The summed E-state index contributed by atoms with van der Waals surface area (Å²) >= 11 is 6.13. The van der Waals surface area contributed by atoms with Crippen molar-refractivity contribution in [3.05, 3.63) is 34.9 Å². The predicted octanol–water partition coefficient (Wildman–Crippen LogP) is 2.65. The van der Waals surface area contributed by atoms with E-state index < -0.39 is 0 Å². The molecule has 0 radical (unpaired) electrons. The van der Waals surface area contributed by atoms with Gasteiger partial charge < -0.3 is 10.6 Å². The Balaban J connectivity index is 1.92. The molecule has 0 aromatic heterocycles. The van der Waals surface area contributed by atoms with Crippen LogP contribution < -0.4 is 5.73 Å². The summed E-state index contributed by atoms with van der Waals surface area (Å²) in [5.74, 6) is 0. The van der Waals surface area contributed by atoms with E-state index in [-0.39, 0.29) is 5.54 Å². The summed E-state index contributed by atoms with van der Waals surface area (Å²) in [5, 5.41) is 0.842. The first-order chi connectivity index (χ1) is 7.59. The number of benzene rings is 1. The average Bonchev–Trinajstić information content (AvgIpc) is 2.19. The Hall–Kier alpha value is -0.570. The lowest BCUT2D eigenvalue weighted by Gasteiger charge is -2.41. The number of likely N-dealkylation sites (N-methyl/N-ethyl adjacent to an activating group) is 1. The van der Waals surface area contributed by atoms with Crippen LogP contribution in [0.1, 0.15) is 24.8 Å². The van der Waals surface area contributed by atoms with E-state index in [1.54, 1.807) is 0 Å². The van der Waals surface area contributed by atoms with Crippen molar-refractivity contribution in [3.63, 3.8) is 0 Å². The molecule has 1 aromatic carbocycles. The van der Waals surface area contributed by atoms with Gasteiger partial charge >= 0.3 is 0 Å². The topological polar surface area (TPSA) is 29.3 Å². The zero-order valence-corrected chi connectivity index (χ0v) is 10.5. The van der Waals surface area contributed by atoms with Crippen molar-refractivity contribution in [2.75, 3.05) is 13.6 Å². The van der Waals surface area contributed by atoms with Crippen LogP contribution in [-0.4, -0.2) is 24.0 Å². The highest BCUT2D eigenvalue weighted by Crippen LogP contribution is 2.30. The minimum Gasteiger partial charge on any atom is -0.324 e. The standard InChI is InChI=1S/C13H19ClN2/c1-16(10-13(15)7-4-8-13)9-11-5-2-3-6-12(11)14/h2-3,5-6H,4,7-10,15H2,1H3. The summed E-state index contributed by atoms with van der Waals surface area (Å²) < 4.78 is 0. The minimum absolute atomic E-state index is 0.0516. The molecule has 2 rings (SSSR count). The van der Waals surface area contributed by atoms with Gasteiger partial charge in [0.1, 0.15) is 0 Å². The van der Waals surface area contributed by atoms with E-state index in [1.165, 1.54) is 12.0 Å². The average molecular weight is 239 g/mol. The van der Waals surface area contributed by atoms with Gasteiger partial charge in [-0.2, -0.15) is 0 Å². The second kappa shape index (κ2) is 4.74. The van der Waals surface area contributed by atoms with Gasteiger partial charge in [-0.3, -0.25) is 0 Å². The van der Waals surface area contributed by atoms with Gasteiger partial charge in [-0.15, -0.1) is 0 Å². The fraction of sp³-hybridized carbons (Fsp3) is 0.538. The first-order valence-electron chi connectivity index (χ1n) is 5.80. The first kappa shape index (κ1) is 11.9. The van der Waals surface area contributed by atoms with E-state index >= 15 is 0 Å². The number of halogens is 1.